The zero-order chi connectivity index (χ0) is 10.9. The molecule has 2 rings (SSSR count). The summed E-state index contributed by atoms with van der Waals surface area (Å²) >= 11 is 0. The first-order valence-electron chi connectivity index (χ1n) is 5.98. The van der Waals surface area contributed by atoms with Crippen LogP contribution in [0, 0.1) is 0 Å². The van der Waals surface area contributed by atoms with E-state index in [4.69, 9.17) is 5.73 Å². The molecule has 1 aromatic rings. The fraction of sp³-hybridized carbons (Fsp3) is 0.571. The number of rotatable bonds is 3. The number of hydrogen-bond donors (Lipinski definition) is 1. The van der Waals surface area contributed by atoms with Crippen LogP contribution in [0.5, 0.6) is 0 Å². The Morgan fingerprint density at radius 1 is 1.20 bits per heavy atom. The van der Waals surface area contributed by atoms with Crippen LogP contribution in [0.4, 0.5) is 0 Å². The van der Waals surface area contributed by atoms with E-state index in [1.807, 2.05) is 0 Å². The normalized spacial score (nSPS) is 18.9. The largest absolute Gasteiger partial charge is 0.330 e. The molecule has 0 aliphatic heterocycles. The molecule has 0 spiro atoms. The summed E-state index contributed by atoms with van der Waals surface area (Å²) in [5, 5.41) is 0. The molecule has 1 aliphatic rings. The average Bonchev–Trinajstić information content (AvgIpc) is 2.18. The van der Waals surface area contributed by atoms with E-state index in [1.165, 1.54) is 30.4 Å². The second-order valence-corrected chi connectivity index (χ2v) is 5.11. The summed E-state index contributed by atoms with van der Waals surface area (Å²) < 4.78 is 0. The van der Waals surface area contributed by atoms with Crippen LogP contribution in [0.2, 0.25) is 0 Å². The molecule has 0 radical (unpaired) electrons. The molecule has 1 saturated carbocycles. The predicted octanol–water partition coefficient (Wildman–Crippen LogP) is 3.19. The van der Waals surface area contributed by atoms with E-state index in [9.17, 15) is 0 Å². The maximum atomic E-state index is 5.90. The van der Waals surface area contributed by atoms with Crippen molar-refractivity contribution in [3.63, 3.8) is 0 Å². The van der Waals surface area contributed by atoms with Gasteiger partial charge in [0.2, 0.25) is 0 Å². The van der Waals surface area contributed by atoms with E-state index >= 15 is 0 Å². The van der Waals surface area contributed by atoms with Crippen molar-refractivity contribution in [2.45, 2.75) is 44.4 Å². The molecule has 1 heteroatoms. The molecule has 0 aromatic heterocycles. The Hall–Kier alpha value is -0.820. The van der Waals surface area contributed by atoms with Crippen LogP contribution in [0.1, 0.15) is 50.2 Å². The van der Waals surface area contributed by atoms with Crippen LogP contribution in [-0.2, 0) is 5.41 Å². The standard InChI is InChI=1S/C14H21N/c1-11(2)12-4-6-13(7-5-12)14(10-15)8-3-9-14/h4-7,11H,3,8-10,15H2,1-2H3. The van der Waals surface area contributed by atoms with Gasteiger partial charge in [0.05, 0.1) is 0 Å². The number of hydrogen-bond acceptors (Lipinski definition) is 1. The minimum Gasteiger partial charge on any atom is -0.330 e. The Bertz CT molecular complexity index is 314. The fourth-order valence-corrected chi connectivity index (χ4v) is 2.44. The second kappa shape index (κ2) is 3.97. The summed E-state index contributed by atoms with van der Waals surface area (Å²) in [4.78, 5) is 0. The first-order chi connectivity index (χ1) is 7.18. The third kappa shape index (κ3) is 1.81. The van der Waals surface area contributed by atoms with Crippen molar-refractivity contribution in [2.75, 3.05) is 6.54 Å². The minimum absolute atomic E-state index is 0.315. The van der Waals surface area contributed by atoms with Crippen LogP contribution in [0.25, 0.3) is 0 Å². The lowest BCUT2D eigenvalue weighted by molar-refractivity contribution is 0.253. The maximum absolute atomic E-state index is 5.90. The van der Waals surface area contributed by atoms with E-state index in [1.54, 1.807) is 0 Å². The van der Waals surface area contributed by atoms with Gasteiger partial charge in [-0.15, -0.1) is 0 Å². The van der Waals surface area contributed by atoms with Crippen LogP contribution in [0.15, 0.2) is 24.3 Å². The van der Waals surface area contributed by atoms with Gasteiger partial charge < -0.3 is 5.73 Å². The van der Waals surface area contributed by atoms with Gasteiger partial charge in [0, 0.05) is 12.0 Å². The van der Waals surface area contributed by atoms with Gasteiger partial charge >= 0.3 is 0 Å². The third-order valence-electron chi connectivity index (χ3n) is 3.89. The molecule has 0 heterocycles. The molecule has 1 fully saturated rings. The van der Waals surface area contributed by atoms with Gasteiger partial charge in [0.1, 0.15) is 0 Å². The summed E-state index contributed by atoms with van der Waals surface area (Å²) in [7, 11) is 0. The number of benzene rings is 1. The smallest absolute Gasteiger partial charge is 0.00755 e. The van der Waals surface area contributed by atoms with Crippen molar-refractivity contribution in [1.82, 2.24) is 0 Å². The van der Waals surface area contributed by atoms with Crippen molar-refractivity contribution in [3.8, 4) is 0 Å². The zero-order valence-electron chi connectivity index (χ0n) is 9.79. The van der Waals surface area contributed by atoms with Gasteiger partial charge in [-0.05, 0) is 29.9 Å². The van der Waals surface area contributed by atoms with Crippen molar-refractivity contribution >= 4 is 0 Å². The van der Waals surface area contributed by atoms with E-state index in [0.717, 1.165) is 6.54 Å². The Balaban J connectivity index is 2.23. The molecule has 0 amide bonds. The van der Waals surface area contributed by atoms with Gasteiger partial charge in [-0.2, -0.15) is 0 Å². The molecule has 15 heavy (non-hydrogen) atoms. The lowest BCUT2D eigenvalue weighted by atomic mass is 9.64. The molecule has 0 unspecified atom stereocenters. The lowest BCUT2D eigenvalue weighted by Gasteiger charge is -2.41. The Morgan fingerprint density at radius 2 is 1.80 bits per heavy atom. The highest BCUT2D eigenvalue weighted by atomic mass is 14.6. The predicted molar refractivity (Wildman–Crippen MR) is 65.1 cm³/mol. The summed E-state index contributed by atoms with van der Waals surface area (Å²) in [6.45, 7) is 5.27. The van der Waals surface area contributed by atoms with Crippen LogP contribution in [0.3, 0.4) is 0 Å². The van der Waals surface area contributed by atoms with E-state index in [-0.39, 0.29) is 0 Å². The van der Waals surface area contributed by atoms with Crippen molar-refractivity contribution < 1.29 is 0 Å². The first-order valence-corrected chi connectivity index (χ1v) is 5.98. The Labute approximate surface area is 92.7 Å². The molecule has 1 aliphatic carbocycles. The quantitative estimate of drug-likeness (QED) is 0.802. The fourth-order valence-electron chi connectivity index (χ4n) is 2.44. The highest BCUT2D eigenvalue weighted by Gasteiger charge is 2.36. The summed E-state index contributed by atoms with van der Waals surface area (Å²) in [6, 6.07) is 9.08. The van der Waals surface area contributed by atoms with Gasteiger partial charge in [-0.25, -0.2) is 0 Å². The molecule has 1 nitrogen and oxygen atoms in total. The highest BCUT2D eigenvalue weighted by Crippen LogP contribution is 2.42. The monoisotopic (exact) mass is 203 g/mol. The van der Waals surface area contributed by atoms with Gasteiger partial charge in [0.15, 0.2) is 0 Å². The maximum Gasteiger partial charge on any atom is 0.00755 e. The third-order valence-corrected chi connectivity index (χ3v) is 3.89. The first kappa shape index (κ1) is 10.7. The van der Waals surface area contributed by atoms with E-state index in [2.05, 4.69) is 38.1 Å². The number of nitrogens with two attached hydrogens (primary N) is 1. The second-order valence-electron chi connectivity index (χ2n) is 5.11. The Morgan fingerprint density at radius 3 is 2.13 bits per heavy atom. The molecular formula is C14H21N. The summed E-state index contributed by atoms with van der Waals surface area (Å²) in [5.41, 5.74) is 9.08. The summed E-state index contributed by atoms with van der Waals surface area (Å²) in [6.07, 6.45) is 3.87. The van der Waals surface area contributed by atoms with Crippen molar-refractivity contribution in [2.24, 2.45) is 5.73 Å². The Kier molecular flexibility index (Phi) is 2.83. The van der Waals surface area contributed by atoms with Gasteiger partial charge in [0.25, 0.3) is 0 Å². The van der Waals surface area contributed by atoms with Crippen molar-refractivity contribution in [3.05, 3.63) is 35.4 Å². The molecule has 82 valence electrons. The summed E-state index contributed by atoms with van der Waals surface area (Å²) in [5.74, 6) is 0.620. The van der Waals surface area contributed by atoms with E-state index in [0.29, 0.717) is 11.3 Å². The molecule has 1 aromatic carbocycles. The molecule has 2 N–H and O–H groups in total. The van der Waals surface area contributed by atoms with Crippen LogP contribution >= 0.6 is 0 Å². The topological polar surface area (TPSA) is 26.0 Å². The van der Waals surface area contributed by atoms with E-state index < -0.39 is 0 Å². The van der Waals surface area contributed by atoms with Crippen LogP contribution < -0.4 is 5.73 Å². The minimum atomic E-state index is 0.315. The van der Waals surface area contributed by atoms with Crippen molar-refractivity contribution in [1.29, 1.82) is 0 Å². The molecule has 0 atom stereocenters. The van der Waals surface area contributed by atoms with Gasteiger partial charge in [-0.1, -0.05) is 44.5 Å². The van der Waals surface area contributed by atoms with Gasteiger partial charge in [-0.3, -0.25) is 0 Å². The van der Waals surface area contributed by atoms with Crippen LogP contribution in [-0.4, -0.2) is 6.54 Å². The lowest BCUT2D eigenvalue weighted by Crippen LogP contribution is -2.41. The molecule has 0 bridgehead atoms. The highest BCUT2D eigenvalue weighted by molar-refractivity contribution is 5.32. The zero-order valence-corrected chi connectivity index (χ0v) is 9.79. The SMILES string of the molecule is CC(C)c1ccc(C2(CN)CCC2)cc1. The molecular weight excluding hydrogens is 182 g/mol. The molecule has 0 saturated heterocycles. The average molecular weight is 203 g/mol.